The average Bonchev–Trinajstić information content (AvgIpc) is 2.57. The summed E-state index contributed by atoms with van der Waals surface area (Å²) < 4.78 is 18.5. The van der Waals surface area contributed by atoms with Gasteiger partial charge < -0.3 is 28.9 Å². The van der Waals surface area contributed by atoms with Crippen LogP contribution in [0.5, 0.6) is 0 Å². The number of rotatable bonds is 10. The number of carboxylic acid groups (broad SMARTS) is 2. The summed E-state index contributed by atoms with van der Waals surface area (Å²) in [6, 6.07) is 1.09. The number of aliphatic carboxylic acids is 2. The van der Waals surface area contributed by atoms with E-state index in [9.17, 15) is 9.59 Å². The third kappa shape index (κ3) is 6.96. The molecule has 1 saturated heterocycles. The molecule has 3 N–H and O–H groups in total. The fourth-order valence-corrected chi connectivity index (χ4v) is 7.82. The van der Waals surface area contributed by atoms with Gasteiger partial charge in [0.1, 0.15) is 5.22 Å². The maximum absolute atomic E-state index is 9.72. The minimum Gasteiger partial charge on any atom is -0.481 e. The lowest BCUT2D eigenvalue weighted by Gasteiger charge is -2.49. The number of carbonyl (C=O) groups is 2. The second-order valence-corrected chi connectivity index (χ2v) is 9.55. The van der Waals surface area contributed by atoms with E-state index in [1.165, 1.54) is 12.8 Å². The number of carboxylic acids is 2. The van der Waals surface area contributed by atoms with Crippen LogP contribution in [0.2, 0.25) is 6.04 Å². The Morgan fingerprint density at radius 1 is 1.04 bits per heavy atom. The van der Waals surface area contributed by atoms with Gasteiger partial charge in [0.15, 0.2) is 6.10 Å². The lowest BCUT2D eigenvalue weighted by atomic mass is 10.1. The quantitative estimate of drug-likeness (QED) is 0.483. The van der Waals surface area contributed by atoms with E-state index in [0.717, 1.165) is 38.7 Å². The molecule has 2 unspecified atom stereocenters. The summed E-state index contributed by atoms with van der Waals surface area (Å²) >= 11 is 0. The molecule has 0 spiro atoms. The first kappa shape index (κ1) is 25.0. The molecule has 0 amide bonds. The maximum atomic E-state index is 9.72. The van der Waals surface area contributed by atoms with E-state index in [2.05, 4.69) is 27.7 Å². The first-order valence-corrected chi connectivity index (χ1v) is 11.3. The molecule has 8 nitrogen and oxygen atoms in total. The van der Waals surface area contributed by atoms with Crippen molar-refractivity contribution < 1.29 is 38.5 Å². The highest BCUT2D eigenvalue weighted by molar-refractivity contribution is 6.70. The lowest BCUT2D eigenvalue weighted by Crippen LogP contribution is -2.65. The topological polar surface area (TPSA) is 123 Å². The summed E-state index contributed by atoms with van der Waals surface area (Å²) in [6.07, 6.45) is 2.03. The Balaban J connectivity index is 0.000000590. The van der Waals surface area contributed by atoms with Gasteiger partial charge in [0.05, 0.1) is 6.42 Å². The molecule has 0 radical (unpaired) electrons. The van der Waals surface area contributed by atoms with Crippen molar-refractivity contribution in [1.29, 1.82) is 0 Å². The van der Waals surface area contributed by atoms with Crippen molar-refractivity contribution in [2.45, 2.75) is 77.2 Å². The van der Waals surface area contributed by atoms with Crippen molar-refractivity contribution in [2.24, 2.45) is 0 Å². The average molecular weight is 395 g/mol. The second kappa shape index (κ2) is 12.4. The highest BCUT2D eigenvalue weighted by Gasteiger charge is 2.58. The molecule has 0 bridgehead atoms. The zero-order chi connectivity index (χ0) is 20.2. The standard InChI is InChI=1S/C13H28O3Si.C4H6O5/c1-5-13(14-6-2)11-9-10-12-17(13,15-7-3)16-8-4;5-2(4(8)9)1-3(6)7/h5-12H2,1-4H3;2,5H,1H2,(H,6,7)(H,8,9). The molecule has 0 saturated carbocycles. The largest absolute Gasteiger partial charge is 0.481 e. The van der Waals surface area contributed by atoms with Gasteiger partial charge in [0.2, 0.25) is 0 Å². The van der Waals surface area contributed by atoms with Crippen molar-refractivity contribution in [3.05, 3.63) is 0 Å². The Labute approximate surface area is 156 Å². The van der Waals surface area contributed by atoms with Crippen molar-refractivity contribution in [3.63, 3.8) is 0 Å². The number of hydrogen-bond acceptors (Lipinski definition) is 6. The normalized spacial score (nSPS) is 22.8. The van der Waals surface area contributed by atoms with E-state index in [4.69, 9.17) is 28.9 Å². The van der Waals surface area contributed by atoms with E-state index in [-0.39, 0.29) is 5.22 Å². The van der Waals surface area contributed by atoms with Gasteiger partial charge in [-0.25, -0.2) is 4.79 Å². The molecule has 1 rings (SSSR count). The zero-order valence-electron chi connectivity index (χ0n) is 16.3. The fourth-order valence-electron chi connectivity index (χ4n) is 3.36. The Morgan fingerprint density at radius 3 is 1.96 bits per heavy atom. The van der Waals surface area contributed by atoms with Gasteiger partial charge in [0.25, 0.3) is 0 Å². The summed E-state index contributed by atoms with van der Waals surface area (Å²) in [6.45, 7) is 10.6. The molecule has 0 aromatic carbocycles. The summed E-state index contributed by atoms with van der Waals surface area (Å²) in [5.41, 5.74) is 0. The predicted octanol–water partition coefficient (Wildman–Crippen LogP) is 2.32. The number of aliphatic hydroxyl groups excluding tert-OH is 1. The third-order valence-corrected chi connectivity index (χ3v) is 9.09. The summed E-state index contributed by atoms with van der Waals surface area (Å²) in [7, 11) is -2.21. The Kier molecular flexibility index (Phi) is 11.9. The minimum atomic E-state index is -2.21. The molecular weight excluding hydrogens is 360 g/mol. The molecule has 0 aliphatic carbocycles. The van der Waals surface area contributed by atoms with Gasteiger partial charge in [-0.05, 0) is 39.7 Å². The van der Waals surface area contributed by atoms with Crippen LogP contribution in [-0.2, 0) is 23.2 Å². The smallest absolute Gasteiger partial charge is 0.371 e. The fraction of sp³-hybridized carbons (Fsp3) is 0.882. The van der Waals surface area contributed by atoms with Gasteiger partial charge in [0, 0.05) is 19.8 Å². The number of ether oxygens (including phenoxy) is 1. The van der Waals surface area contributed by atoms with Crippen molar-refractivity contribution >= 4 is 20.5 Å². The summed E-state index contributed by atoms with van der Waals surface area (Å²) in [4.78, 5) is 19.4. The predicted molar refractivity (Wildman–Crippen MR) is 98.2 cm³/mol. The van der Waals surface area contributed by atoms with Crippen molar-refractivity contribution in [3.8, 4) is 0 Å². The van der Waals surface area contributed by atoms with Crippen LogP contribution in [0.4, 0.5) is 0 Å². The van der Waals surface area contributed by atoms with Crippen molar-refractivity contribution in [1.82, 2.24) is 0 Å². The van der Waals surface area contributed by atoms with Gasteiger partial charge in [-0.2, -0.15) is 0 Å². The molecule has 9 heteroatoms. The van der Waals surface area contributed by atoms with Crippen LogP contribution >= 0.6 is 0 Å². The summed E-state index contributed by atoms with van der Waals surface area (Å²) in [5.74, 6) is -2.85. The van der Waals surface area contributed by atoms with Crippen LogP contribution in [0.1, 0.15) is 59.8 Å². The minimum absolute atomic E-state index is 0.119. The monoisotopic (exact) mass is 394 g/mol. The molecule has 0 aromatic rings. The van der Waals surface area contributed by atoms with Gasteiger partial charge >= 0.3 is 20.5 Å². The molecule has 1 heterocycles. The molecule has 154 valence electrons. The first-order valence-electron chi connectivity index (χ1n) is 9.28. The first-order chi connectivity index (χ1) is 12.2. The SMILES string of the molecule is CCOC1(CC)CCCC[Si]1(OCC)OCC.O=C(O)CC(O)C(=O)O. The van der Waals surface area contributed by atoms with E-state index in [1.807, 2.05) is 0 Å². The lowest BCUT2D eigenvalue weighted by molar-refractivity contribution is -0.152. The molecule has 1 aliphatic rings. The highest BCUT2D eigenvalue weighted by atomic mass is 28.4. The van der Waals surface area contributed by atoms with Gasteiger partial charge in [-0.3, -0.25) is 4.79 Å². The van der Waals surface area contributed by atoms with Gasteiger partial charge in [-0.1, -0.05) is 19.8 Å². The van der Waals surface area contributed by atoms with E-state index >= 15 is 0 Å². The van der Waals surface area contributed by atoms with E-state index < -0.39 is 33.0 Å². The second-order valence-electron chi connectivity index (χ2n) is 6.06. The van der Waals surface area contributed by atoms with E-state index in [1.54, 1.807) is 0 Å². The number of aliphatic hydroxyl groups is 1. The Hall–Kier alpha value is -1.00. The molecular formula is C17H34O8Si. The molecule has 0 aromatic heterocycles. The molecule has 1 aliphatic heterocycles. The van der Waals surface area contributed by atoms with Crippen LogP contribution in [0, 0.1) is 0 Å². The van der Waals surface area contributed by atoms with Crippen LogP contribution in [0.3, 0.4) is 0 Å². The molecule has 1 fully saturated rings. The third-order valence-electron chi connectivity index (χ3n) is 4.43. The van der Waals surface area contributed by atoms with Crippen LogP contribution in [0.25, 0.3) is 0 Å². The van der Waals surface area contributed by atoms with Crippen LogP contribution in [0.15, 0.2) is 0 Å². The van der Waals surface area contributed by atoms with Gasteiger partial charge in [-0.15, -0.1) is 0 Å². The molecule has 2 atom stereocenters. The number of hydrogen-bond donors (Lipinski definition) is 3. The maximum Gasteiger partial charge on any atom is 0.371 e. The summed E-state index contributed by atoms with van der Waals surface area (Å²) in [5, 5.41) is 24.0. The van der Waals surface area contributed by atoms with Crippen LogP contribution in [-0.4, -0.2) is 67.0 Å². The molecule has 26 heavy (non-hydrogen) atoms. The van der Waals surface area contributed by atoms with E-state index in [0.29, 0.717) is 0 Å². The Bertz CT molecular complexity index is 415. The zero-order valence-corrected chi connectivity index (χ0v) is 17.3. The highest BCUT2D eigenvalue weighted by Crippen LogP contribution is 2.42. The Morgan fingerprint density at radius 2 is 1.62 bits per heavy atom. The van der Waals surface area contributed by atoms with Crippen molar-refractivity contribution in [2.75, 3.05) is 19.8 Å². The van der Waals surface area contributed by atoms with Crippen LogP contribution < -0.4 is 0 Å².